The third-order valence-electron chi connectivity index (χ3n) is 11.5. The number of hydrogen-bond donors (Lipinski definition) is 0. The number of nitrogens with zero attached hydrogens (tertiary/aromatic N) is 1. The number of fused-ring (bicyclic) bond motifs is 6. The quantitative estimate of drug-likeness (QED) is 0.151. The maximum Gasteiger partial charge on any atom is 0.136 e. The van der Waals surface area contributed by atoms with Crippen LogP contribution in [0.5, 0.6) is 0 Å². The van der Waals surface area contributed by atoms with Crippen LogP contribution in [-0.2, 0) is 0 Å². The number of hydrogen-bond acceptors (Lipinski definition) is 2. The summed E-state index contributed by atoms with van der Waals surface area (Å²) in [6.07, 6.45) is 0. The molecule has 58 heavy (non-hydrogen) atoms. The van der Waals surface area contributed by atoms with Crippen LogP contribution in [0.3, 0.4) is 0 Å². The summed E-state index contributed by atoms with van der Waals surface area (Å²) < 4.78 is 6.26. The number of benzene rings is 10. The van der Waals surface area contributed by atoms with Gasteiger partial charge >= 0.3 is 0 Å². The van der Waals surface area contributed by atoms with Gasteiger partial charge in [0.1, 0.15) is 11.2 Å². The van der Waals surface area contributed by atoms with E-state index in [1.807, 2.05) is 12.1 Å². The minimum Gasteiger partial charge on any atom is -0.456 e. The van der Waals surface area contributed by atoms with Crippen LogP contribution >= 0.6 is 0 Å². The molecule has 1 heterocycles. The van der Waals surface area contributed by atoms with Crippen LogP contribution in [0.25, 0.3) is 88.0 Å². The van der Waals surface area contributed by atoms with Crippen molar-refractivity contribution in [1.29, 1.82) is 0 Å². The van der Waals surface area contributed by atoms with E-state index in [2.05, 4.69) is 217 Å². The zero-order valence-corrected chi connectivity index (χ0v) is 31.7. The molecule has 2 nitrogen and oxygen atoms in total. The van der Waals surface area contributed by atoms with Gasteiger partial charge in [0.05, 0.1) is 5.69 Å². The molecule has 0 fully saturated rings. The molecule has 2 heteroatoms. The van der Waals surface area contributed by atoms with Gasteiger partial charge in [-0.1, -0.05) is 176 Å². The predicted molar refractivity (Wildman–Crippen MR) is 245 cm³/mol. The Balaban J connectivity index is 1.04. The van der Waals surface area contributed by atoms with Gasteiger partial charge in [0.2, 0.25) is 0 Å². The highest BCUT2D eigenvalue weighted by Crippen LogP contribution is 2.45. The second-order valence-electron chi connectivity index (χ2n) is 14.9. The van der Waals surface area contributed by atoms with Crippen molar-refractivity contribution in [2.24, 2.45) is 0 Å². The number of rotatable bonds is 7. The first-order valence-electron chi connectivity index (χ1n) is 19.8. The molecule has 0 amide bonds. The molecule has 11 aromatic rings. The number of para-hydroxylation sites is 2. The average molecular weight is 740 g/mol. The zero-order chi connectivity index (χ0) is 38.4. The SMILES string of the molecule is c1ccc(-c2ccccc2-c2ccccc2N(c2ccc(-c3ccc4c(c3)oc3ccccc34)cc2)c2ccc(-c3cccc4c3ccc3ccccc34)cc2)cc1. The summed E-state index contributed by atoms with van der Waals surface area (Å²) in [5, 5.41) is 7.33. The number of anilines is 3. The first-order valence-corrected chi connectivity index (χ1v) is 19.8. The van der Waals surface area contributed by atoms with E-state index in [-0.39, 0.29) is 0 Å². The predicted octanol–water partition coefficient (Wildman–Crippen LogP) is 16.0. The molecule has 0 aliphatic rings. The van der Waals surface area contributed by atoms with Gasteiger partial charge < -0.3 is 9.32 Å². The fourth-order valence-electron chi connectivity index (χ4n) is 8.70. The molecular weight excluding hydrogens is 703 g/mol. The van der Waals surface area contributed by atoms with Gasteiger partial charge in [-0.15, -0.1) is 0 Å². The lowest BCUT2D eigenvalue weighted by Crippen LogP contribution is -2.11. The highest BCUT2D eigenvalue weighted by Gasteiger charge is 2.20. The molecule has 0 saturated heterocycles. The lowest BCUT2D eigenvalue weighted by Gasteiger charge is -2.29. The van der Waals surface area contributed by atoms with E-state index in [1.165, 1.54) is 49.4 Å². The molecule has 0 bridgehead atoms. The van der Waals surface area contributed by atoms with Crippen LogP contribution in [0.15, 0.2) is 229 Å². The molecule has 0 N–H and O–H groups in total. The Morgan fingerprint density at radius 1 is 0.276 bits per heavy atom. The molecule has 0 aliphatic carbocycles. The van der Waals surface area contributed by atoms with Gasteiger partial charge in [-0.3, -0.25) is 0 Å². The van der Waals surface area contributed by atoms with E-state index in [4.69, 9.17) is 4.42 Å². The molecule has 0 aliphatic heterocycles. The van der Waals surface area contributed by atoms with E-state index < -0.39 is 0 Å². The number of furan rings is 1. The maximum absolute atomic E-state index is 6.26. The van der Waals surface area contributed by atoms with Gasteiger partial charge in [0.15, 0.2) is 0 Å². The van der Waals surface area contributed by atoms with Gasteiger partial charge in [-0.25, -0.2) is 0 Å². The van der Waals surface area contributed by atoms with Gasteiger partial charge in [-0.2, -0.15) is 0 Å². The lowest BCUT2D eigenvalue weighted by molar-refractivity contribution is 0.669. The summed E-state index contributed by atoms with van der Waals surface area (Å²) in [6.45, 7) is 0. The Hall–Kier alpha value is -7.68. The Morgan fingerprint density at radius 3 is 1.64 bits per heavy atom. The summed E-state index contributed by atoms with van der Waals surface area (Å²) in [6, 6.07) is 80.7. The second kappa shape index (κ2) is 14.1. The normalized spacial score (nSPS) is 11.4. The van der Waals surface area contributed by atoms with Crippen LogP contribution < -0.4 is 4.90 Å². The van der Waals surface area contributed by atoms with Crippen LogP contribution in [-0.4, -0.2) is 0 Å². The van der Waals surface area contributed by atoms with Crippen molar-refractivity contribution in [2.45, 2.75) is 0 Å². The molecule has 0 atom stereocenters. The van der Waals surface area contributed by atoms with E-state index in [0.29, 0.717) is 0 Å². The standard InChI is InChI=1S/C56H37NO/c1-2-13-39(14-3-1)45-17-6-7-18-49(45)51-19-8-10-23-54(51)57(43-31-25-38(26-32-43)42-30-36-53-52-20-9-11-24-55(52)58-56(53)37-42)44-33-27-41(28-34-44)47-21-12-22-48-46-16-5-4-15-40(46)29-35-50(47)48/h1-37H. The molecule has 272 valence electrons. The molecule has 10 aromatic carbocycles. The van der Waals surface area contributed by atoms with Crippen molar-refractivity contribution in [1.82, 2.24) is 0 Å². The van der Waals surface area contributed by atoms with Gasteiger partial charge in [0.25, 0.3) is 0 Å². The minimum atomic E-state index is 0.898. The van der Waals surface area contributed by atoms with Crippen molar-refractivity contribution >= 4 is 60.5 Å². The maximum atomic E-state index is 6.26. The summed E-state index contributed by atoms with van der Waals surface area (Å²) in [5.41, 5.74) is 14.5. The summed E-state index contributed by atoms with van der Waals surface area (Å²) in [7, 11) is 0. The van der Waals surface area contributed by atoms with Crippen molar-refractivity contribution < 1.29 is 4.42 Å². The molecule has 0 unspecified atom stereocenters. The fourth-order valence-corrected chi connectivity index (χ4v) is 8.70. The topological polar surface area (TPSA) is 16.4 Å². The Bertz CT molecular complexity index is 3270. The molecule has 0 spiro atoms. The van der Waals surface area contributed by atoms with Crippen LogP contribution in [0, 0.1) is 0 Å². The van der Waals surface area contributed by atoms with Crippen molar-refractivity contribution in [3.63, 3.8) is 0 Å². The average Bonchev–Trinajstić information content (AvgIpc) is 3.68. The lowest BCUT2D eigenvalue weighted by atomic mass is 9.92. The molecule has 0 saturated carbocycles. The largest absolute Gasteiger partial charge is 0.456 e. The van der Waals surface area contributed by atoms with E-state index in [9.17, 15) is 0 Å². The van der Waals surface area contributed by atoms with E-state index in [0.717, 1.165) is 55.7 Å². The molecule has 0 radical (unpaired) electrons. The van der Waals surface area contributed by atoms with Crippen molar-refractivity contribution in [3.8, 4) is 44.5 Å². The van der Waals surface area contributed by atoms with Crippen molar-refractivity contribution in [3.05, 3.63) is 224 Å². The Labute approximate surface area is 337 Å². The van der Waals surface area contributed by atoms with E-state index >= 15 is 0 Å². The fraction of sp³-hybridized carbons (Fsp3) is 0. The first-order chi connectivity index (χ1) is 28.8. The van der Waals surface area contributed by atoms with Crippen LogP contribution in [0.1, 0.15) is 0 Å². The Kier molecular flexibility index (Phi) is 8.19. The molecular formula is C56H37NO. The van der Waals surface area contributed by atoms with Crippen molar-refractivity contribution in [2.75, 3.05) is 4.90 Å². The van der Waals surface area contributed by atoms with E-state index in [1.54, 1.807) is 0 Å². The first kappa shape index (κ1) is 33.6. The molecule has 1 aromatic heterocycles. The third-order valence-corrected chi connectivity index (χ3v) is 11.5. The summed E-state index contributed by atoms with van der Waals surface area (Å²) >= 11 is 0. The highest BCUT2D eigenvalue weighted by molar-refractivity contribution is 6.12. The van der Waals surface area contributed by atoms with Gasteiger partial charge in [0, 0.05) is 27.7 Å². The molecule has 11 rings (SSSR count). The monoisotopic (exact) mass is 739 g/mol. The smallest absolute Gasteiger partial charge is 0.136 e. The highest BCUT2D eigenvalue weighted by atomic mass is 16.3. The summed E-state index contributed by atoms with van der Waals surface area (Å²) in [4.78, 5) is 2.39. The zero-order valence-electron chi connectivity index (χ0n) is 31.7. The second-order valence-corrected chi connectivity index (χ2v) is 14.9. The van der Waals surface area contributed by atoms with Crippen LogP contribution in [0.2, 0.25) is 0 Å². The third kappa shape index (κ3) is 5.82. The summed E-state index contributed by atoms with van der Waals surface area (Å²) in [5.74, 6) is 0. The minimum absolute atomic E-state index is 0.898. The Morgan fingerprint density at radius 2 is 0.828 bits per heavy atom. The van der Waals surface area contributed by atoms with Crippen LogP contribution in [0.4, 0.5) is 17.1 Å². The van der Waals surface area contributed by atoms with Gasteiger partial charge in [-0.05, 0) is 109 Å².